The van der Waals surface area contributed by atoms with Gasteiger partial charge >= 0.3 is 0 Å². The summed E-state index contributed by atoms with van der Waals surface area (Å²) >= 11 is 3.45. The lowest BCUT2D eigenvalue weighted by molar-refractivity contribution is 0.0939. The summed E-state index contributed by atoms with van der Waals surface area (Å²) in [7, 11) is 0. The van der Waals surface area contributed by atoms with Crippen LogP contribution in [-0.2, 0) is 0 Å². The van der Waals surface area contributed by atoms with E-state index in [9.17, 15) is 4.79 Å². The molecule has 0 aliphatic carbocycles. The second kappa shape index (κ2) is 9.42. The Bertz CT molecular complexity index is 380. The quantitative estimate of drug-likeness (QED) is 0.417. The van der Waals surface area contributed by atoms with Gasteiger partial charge in [-0.15, -0.1) is 0 Å². The van der Waals surface area contributed by atoms with Gasteiger partial charge in [0, 0.05) is 41.0 Å². The maximum absolute atomic E-state index is 11.8. The largest absolute Gasteiger partial charge is 0.330 e. The van der Waals surface area contributed by atoms with Gasteiger partial charge in [-0.3, -0.25) is 9.52 Å². The topological polar surface area (TPSA) is 55.1 Å². The lowest BCUT2D eigenvalue weighted by Gasteiger charge is -2.06. The first-order chi connectivity index (χ1) is 9.15. The van der Waals surface area contributed by atoms with Crippen LogP contribution in [0.1, 0.15) is 24.2 Å². The summed E-state index contributed by atoms with van der Waals surface area (Å²) in [6.07, 6.45) is 0. The fourth-order valence-corrected chi connectivity index (χ4v) is 2.84. The van der Waals surface area contributed by atoms with Gasteiger partial charge in [-0.2, -0.15) is 11.8 Å². The highest BCUT2D eigenvalue weighted by Crippen LogP contribution is 2.17. The minimum atomic E-state index is 0.0520. The molecule has 0 saturated heterocycles. The van der Waals surface area contributed by atoms with E-state index in [1.54, 1.807) is 11.9 Å². The molecule has 1 aromatic carbocycles. The number of nitrogens with one attached hydrogen (secondary N) is 1. The first-order valence-electron chi connectivity index (χ1n) is 6.47. The summed E-state index contributed by atoms with van der Waals surface area (Å²) in [5.74, 6) is 2.32. The van der Waals surface area contributed by atoms with Gasteiger partial charge in [0.2, 0.25) is 0 Å². The van der Waals surface area contributed by atoms with Gasteiger partial charge < -0.3 is 5.73 Å². The number of rotatable bonds is 9. The number of nitrogens with two attached hydrogens (primary N) is 1. The number of hydrogen-bond donors (Lipinski definition) is 2. The standard InChI is InChI=1S/C14H22N2OS2/c1-11(2)14(17)12-3-5-13(6-4-12)19-16-8-10-18-9-7-15/h3-6,11,16H,7-10,15H2,1-2H3. The fraction of sp³-hybridized carbons (Fsp3) is 0.500. The van der Waals surface area contributed by atoms with Gasteiger partial charge in [-0.1, -0.05) is 26.0 Å². The molecule has 0 saturated carbocycles. The molecule has 0 atom stereocenters. The molecule has 3 N–H and O–H groups in total. The molecule has 3 nitrogen and oxygen atoms in total. The summed E-state index contributed by atoms with van der Waals surface area (Å²) in [5, 5.41) is 0. The molecule has 0 amide bonds. The van der Waals surface area contributed by atoms with Crippen LogP contribution in [0.15, 0.2) is 29.2 Å². The van der Waals surface area contributed by atoms with Gasteiger partial charge in [0.25, 0.3) is 0 Å². The average molecular weight is 298 g/mol. The van der Waals surface area contributed by atoms with Crippen molar-refractivity contribution in [1.29, 1.82) is 0 Å². The maximum Gasteiger partial charge on any atom is 0.165 e. The van der Waals surface area contributed by atoms with E-state index in [0.29, 0.717) is 0 Å². The van der Waals surface area contributed by atoms with Crippen molar-refractivity contribution in [2.75, 3.05) is 24.6 Å². The van der Waals surface area contributed by atoms with Crippen molar-refractivity contribution in [2.45, 2.75) is 18.7 Å². The smallest absolute Gasteiger partial charge is 0.165 e. The van der Waals surface area contributed by atoms with Gasteiger partial charge in [0.1, 0.15) is 0 Å². The number of hydrogen-bond acceptors (Lipinski definition) is 5. The normalized spacial score (nSPS) is 10.9. The highest BCUT2D eigenvalue weighted by molar-refractivity contribution is 7.99. The SMILES string of the molecule is CC(C)C(=O)c1ccc(SNCCSCCN)cc1. The molecule has 5 heteroatoms. The molecule has 1 rings (SSSR count). The first-order valence-corrected chi connectivity index (χ1v) is 8.44. The second-order valence-electron chi connectivity index (χ2n) is 4.44. The molecular weight excluding hydrogens is 276 g/mol. The molecular formula is C14H22N2OS2. The van der Waals surface area contributed by atoms with E-state index >= 15 is 0 Å². The van der Waals surface area contributed by atoms with Crippen molar-refractivity contribution >= 4 is 29.5 Å². The van der Waals surface area contributed by atoms with Crippen LogP contribution >= 0.6 is 23.7 Å². The highest BCUT2D eigenvalue weighted by Gasteiger charge is 2.09. The van der Waals surface area contributed by atoms with Gasteiger partial charge in [-0.25, -0.2) is 0 Å². The number of carbonyl (C=O) groups excluding carboxylic acids is 1. The van der Waals surface area contributed by atoms with Crippen LogP contribution in [0, 0.1) is 5.92 Å². The Kier molecular flexibility index (Phi) is 8.21. The van der Waals surface area contributed by atoms with Crippen molar-refractivity contribution in [1.82, 2.24) is 4.72 Å². The third kappa shape index (κ3) is 6.47. The van der Waals surface area contributed by atoms with Crippen LogP contribution in [0.25, 0.3) is 0 Å². The van der Waals surface area contributed by atoms with E-state index < -0.39 is 0 Å². The van der Waals surface area contributed by atoms with Gasteiger partial charge in [0.05, 0.1) is 0 Å². The zero-order valence-electron chi connectivity index (χ0n) is 11.5. The van der Waals surface area contributed by atoms with Gasteiger partial charge in [0.15, 0.2) is 5.78 Å². The summed E-state index contributed by atoms with van der Waals surface area (Å²) in [4.78, 5) is 12.9. The number of benzene rings is 1. The molecule has 0 radical (unpaired) electrons. The van der Waals surface area contributed by atoms with E-state index in [1.807, 2.05) is 49.9 Å². The van der Waals surface area contributed by atoms with Crippen molar-refractivity contribution in [3.63, 3.8) is 0 Å². The minimum absolute atomic E-state index is 0.0520. The van der Waals surface area contributed by atoms with E-state index in [2.05, 4.69) is 4.72 Å². The van der Waals surface area contributed by atoms with Crippen molar-refractivity contribution < 1.29 is 4.79 Å². The van der Waals surface area contributed by atoms with Crippen LogP contribution in [0.4, 0.5) is 0 Å². The zero-order chi connectivity index (χ0) is 14.1. The minimum Gasteiger partial charge on any atom is -0.330 e. The zero-order valence-corrected chi connectivity index (χ0v) is 13.2. The third-order valence-electron chi connectivity index (χ3n) is 2.46. The van der Waals surface area contributed by atoms with Crippen LogP contribution in [0.5, 0.6) is 0 Å². The molecule has 1 aromatic rings. The Morgan fingerprint density at radius 2 is 1.95 bits per heavy atom. The van der Waals surface area contributed by atoms with E-state index in [0.717, 1.165) is 35.1 Å². The molecule has 0 heterocycles. The Morgan fingerprint density at radius 1 is 1.26 bits per heavy atom. The van der Waals surface area contributed by atoms with Crippen LogP contribution in [-0.4, -0.2) is 30.4 Å². The van der Waals surface area contributed by atoms with Crippen LogP contribution < -0.4 is 10.5 Å². The van der Waals surface area contributed by atoms with Crippen LogP contribution in [0.3, 0.4) is 0 Å². The van der Waals surface area contributed by atoms with Crippen molar-refractivity contribution in [3.8, 4) is 0 Å². The Labute approximate surface area is 124 Å². The molecule has 0 spiro atoms. The Hall–Kier alpha value is -0.490. The first kappa shape index (κ1) is 16.6. The fourth-order valence-electron chi connectivity index (χ4n) is 1.45. The predicted octanol–water partition coefficient (Wildman–Crippen LogP) is 2.81. The average Bonchev–Trinajstić information content (AvgIpc) is 2.42. The summed E-state index contributed by atoms with van der Waals surface area (Å²) in [5.41, 5.74) is 6.21. The van der Waals surface area contributed by atoms with Crippen molar-refractivity contribution in [3.05, 3.63) is 29.8 Å². The number of ketones is 1. The third-order valence-corrected chi connectivity index (χ3v) is 4.34. The van der Waals surface area contributed by atoms with E-state index in [1.165, 1.54) is 0 Å². The summed E-state index contributed by atoms with van der Waals surface area (Å²) in [6.45, 7) is 5.53. The molecule has 0 fully saturated rings. The summed E-state index contributed by atoms with van der Waals surface area (Å²) < 4.78 is 3.30. The summed E-state index contributed by atoms with van der Waals surface area (Å²) in [6, 6.07) is 7.77. The van der Waals surface area contributed by atoms with Crippen molar-refractivity contribution in [2.24, 2.45) is 11.7 Å². The molecule has 106 valence electrons. The Balaban J connectivity index is 2.30. The highest BCUT2D eigenvalue weighted by atomic mass is 32.2. The lowest BCUT2D eigenvalue weighted by Crippen LogP contribution is -2.10. The maximum atomic E-state index is 11.8. The lowest BCUT2D eigenvalue weighted by atomic mass is 10.0. The van der Waals surface area contributed by atoms with Crippen LogP contribution in [0.2, 0.25) is 0 Å². The van der Waals surface area contributed by atoms with Gasteiger partial charge in [-0.05, 0) is 24.1 Å². The van der Waals surface area contributed by atoms with E-state index in [4.69, 9.17) is 5.73 Å². The molecule has 0 aliphatic heterocycles. The number of Topliss-reactive ketones (excluding diaryl/α,β-unsaturated/α-hetero) is 1. The monoisotopic (exact) mass is 298 g/mol. The molecule has 19 heavy (non-hydrogen) atoms. The number of carbonyl (C=O) groups is 1. The number of thioether (sulfide) groups is 1. The van der Waals surface area contributed by atoms with E-state index in [-0.39, 0.29) is 11.7 Å². The molecule has 0 aromatic heterocycles. The molecule has 0 aliphatic rings. The second-order valence-corrected chi connectivity index (χ2v) is 6.63. The molecule has 0 unspecified atom stereocenters. The predicted molar refractivity (Wildman–Crippen MR) is 85.8 cm³/mol. The molecule has 0 bridgehead atoms. The Morgan fingerprint density at radius 3 is 2.53 bits per heavy atom.